The summed E-state index contributed by atoms with van der Waals surface area (Å²) in [6.45, 7) is 0.474. The zero-order valence-corrected chi connectivity index (χ0v) is 11.8. The predicted octanol–water partition coefficient (Wildman–Crippen LogP) is 3.22. The van der Waals surface area contributed by atoms with Gasteiger partial charge in [0.05, 0.1) is 19.1 Å². The first-order valence-corrected chi connectivity index (χ1v) is 6.34. The number of nitro benzene ring substituents is 1. The number of hydrogen-bond acceptors (Lipinski definition) is 5. The Hall–Kier alpha value is -2.76. The number of nitrogens with zero attached hydrogens (tertiary/aromatic N) is 1. The van der Waals surface area contributed by atoms with Crippen LogP contribution in [-0.4, -0.2) is 19.1 Å². The minimum Gasteiger partial charge on any atom is -0.493 e. The smallest absolute Gasteiger partial charge is 0.271 e. The van der Waals surface area contributed by atoms with Crippen molar-refractivity contribution in [3.63, 3.8) is 0 Å². The first kappa shape index (κ1) is 14.6. The summed E-state index contributed by atoms with van der Waals surface area (Å²) in [6.07, 6.45) is 0. The highest BCUT2D eigenvalue weighted by atomic mass is 16.6. The standard InChI is InChI=1S/C15H16N2O4/c1-20-14-8-3-5-11(15(14)21-2)10-16-12-6-4-7-13(9-12)17(18)19/h3-9,16H,10H2,1-2H3. The Morgan fingerprint density at radius 3 is 2.57 bits per heavy atom. The Kier molecular flexibility index (Phi) is 4.61. The maximum absolute atomic E-state index is 10.8. The summed E-state index contributed by atoms with van der Waals surface area (Å²) in [5.41, 5.74) is 1.63. The second-order valence-electron chi connectivity index (χ2n) is 4.31. The van der Waals surface area contributed by atoms with Gasteiger partial charge in [-0.25, -0.2) is 0 Å². The third-order valence-corrected chi connectivity index (χ3v) is 3.02. The molecule has 0 unspecified atom stereocenters. The average Bonchev–Trinajstić information content (AvgIpc) is 2.52. The minimum atomic E-state index is -0.419. The van der Waals surface area contributed by atoms with E-state index in [0.717, 1.165) is 5.56 Å². The van der Waals surface area contributed by atoms with Crippen molar-refractivity contribution in [2.24, 2.45) is 0 Å². The molecule has 6 heteroatoms. The van der Waals surface area contributed by atoms with Gasteiger partial charge in [0.25, 0.3) is 5.69 Å². The van der Waals surface area contributed by atoms with E-state index < -0.39 is 4.92 Å². The fourth-order valence-electron chi connectivity index (χ4n) is 2.02. The van der Waals surface area contributed by atoms with Gasteiger partial charge in [-0.2, -0.15) is 0 Å². The van der Waals surface area contributed by atoms with Crippen LogP contribution in [0.5, 0.6) is 11.5 Å². The molecule has 0 radical (unpaired) electrons. The van der Waals surface area contributed by atoms with Crippen LogP contribution < -0.4 is 14.8 Å². The fourth-order valence-corrected chi connectivity index (χ4v) is 2.02. The van der Waals surface area contributed by atoms with Crippen molar-refractivity contribution in [1.82, 2.24) is 0 Å². The first-order valence-electron chi connectivity index (χ1n) is 6.34. The molecule has 21 heavy (non-hydrogen) atoms. The summed E-state index contributed by atoms with van der Waals surface area (Å²) in [5, 5.41) is 13.9. The van der Waals surface area contributed by atoms with E-state index in [9.17, 15) is 10.1 Å². The van der Waals surface area contributed by atoms with Crippen LogP contribution in [-0.2, 0) is 6.54 Å². The molecule has 0 spiro atoms. The van der Waals surface area contributed by atoms with Gasteiger partial charge in [-0.1, -0.05) is 18.2 Å². The van der Waals surface area contributed by atoms with Crippen molar-refractivity contribution in [2.75, 3.05) is 19.5 Å². The summed E-state index contributed by atoms with van der Waals surface area (Å²) in [5.74, 6) is 1.30. The SMILES string of the molecule is COc1cccc(CNc2cccc([N+](=O)[O-])c2)c1OC. The molecular formula is C15H16N2O4. The van der Waals surface area contributed by atoms with Gasteiger partial charge >= 0.3 is 0 Å². The summed E-state index contributed by atoms with van der Waals surface area (Å²) in [6, 6.07) is 12.0. The number of methoxy groups -OCH3 is 2. The molecule has 2 rings (SSSR count). The molecule has 6 nitrogen and oxygen atoms in total. The largest absolute Gasteiger partial charge is 0.493 e. The van der Waals surface area contributed by atoms with E-state index in [1.165, 1.54) is 12.1 Å². The summed E-state index contributed by atoms with van der Waals surface area (Å²) in [4.78, 5) is 10.3. The third kappa shape index (κ3) is 3.42. The van der Waals surface area contributed by atoms with E-state index in [1.807, 2.05) is 18.2 Å². The van der Waals surface area contributed by atoms with E-state index in [1.54, 1.807) is 26.4 Å². The molecule has 0 heterocycles. The van der Waals surface area contributed by atoms with E-state index in [-0.39, 0.29) is 5.69 Å². The van der Waals surface area contributed by atoms with Crippen molar-refractivity contribution in [3.05, 3.63) is 58.1 Å². The second kappa shape index (κ2) is 6.60. The van der Waals surface area contributed by atoms with E-state index >= 15 is 0 Å². The van der Waals surface area contributed by atoms with E-state index in [0.29, 0.717) is 23.7 Å². The van der Waals surface area contributed by atoms with E-state index in [4.69, 9.17) is 9.47 Å². The third-order valence-electron chi connectivity index (χ3n) is 3.02. The lowest BCUT2D eigenvalue weighted by Gasteiger charge is -2.13. The highest BCUT2D eigenvalue weighted by Gasteiger charge is 2.10. The number of non-ortho nitro benzene ring substituents is 1. The van der Waals surface area contributed by atoms with Crippen molar-refractivity contribution in [3.8, 4) is 11.5 Å². The molecule has 0 aromatic heterocycles. The van der Waals surface area contributed by atoms with Gasteiger partial charge in [0.1, 0.15) is 0 Å². The monoisotopic (exact) mass is 288 g/mol. The Balaban J connectivity index is 2.16. The molecule has 0 aliphatic rings. The number of ether oxygens (including phenoxy) is 2. The lowest BCUT2D eigenvalue weighted by Crippen LogP contribution is -2.03. The number of para-hydroxylation sites is 1. The predicted molar refractivity (Wildman–Crippen MR) is 80.0 cm³/mol. The molecule has 0 fully saturated rings. The quantitative estimate of drug-likeness (QED) is 0.652. The van der Waals surface area contributed by atoms with Crippen LogP contribution in [0.15, 0.2) is 42.5 Å². The Morgan fingerprint density at radius 1 is 1.14 bits per heavy atom. The molecule has 0 saturated carbocycles. The van der Waals surface area contributed by atoms with Crippen molar-refractivity contribution in [2.45, 2.75) is 6.54 Å². The summed E-state index contributed by atoms with van der Waals surface area (Å²) >= 11 is 0. The van der Waals surface area contributed by atoms with Gasteiger partial charge in [-0.15, -0.1) is 0 Å². The Labute approximate surface area is 122 Å². The number of nitrogens with one attached hydrogen (secondary N) is 1. The molecule has 0 aliphatic carbocycles. The van der Waals surface area contributed by atoms with Crippen LogP contribution in [0.3, 0.4) is 0 Å². The Morgan fingerprint density at radius 2 is 1.90 bits per heavy atom. The van der Waals surface area contributed by atoms with Crippen LogP contribution in [0.2, 0.25) is 0 Å². The zero-order chi connectivity index (χ0) is 15.2. The number of benzene rings is 2. The maximum atomic E-state index is 10.8. The highest BCUT2D eigenvalue weighted by Crippen LogP contribution is 2.31. The molecule has 0 saturated heterocycles. The summed E-state index contributed by atoms with van der Waals surface area (Å²) in [7, 11) is 3.16. The van der Waals surface area contributed by atoms with Gasteiger partial charge in [0.2, 0.25) is 0 Å². The minimum absolute atomic E-state index is 0.0533. The van der Waals surface area contributed by atoms with Gasteiger partial charge in [0, 0.05) is 29.9 Å². The average molecular weight is 288 g/mol. The summed E-state index contributed by atoms with van der Waals surface area (Å²) < 4.78 is 10.6. The topological polar surface area (TPSA) is 73.6 Å². The van der Waals surface area contributed by atoms with Crippen molar-refractivity contribution in [1.29, 1.82) is 0 Å². The molecule has 2 aromatic rings. The van der Waals surface area contributed by atoms with Crippen LogP contribution in [0, 0.1) is 10.1 Å². The maximum Gasteiger partial charge on any atom is 0.271 e. The number of anilines is 1. The van der Waals surface area contributed by atoms with Crippen LogP contribution in [0.1, 0.15) is 5.56 Å². The zero-order valence-electron chi connectivity index (χ0n) is 11.8. The lowest BCUT2D eigenvalue weighted by molar-refractivity contribution is -0.384. The normalized spacial score (nSPS) is 10.0. The molecule has 0 aliphatic heterocycles. The molecule has 2 aromatic carbocycles. The number of rotatable bonds is 6. The molecule has 0 amide bonds. The number of nitro groups is 1. The highest BCUT2D eigenvalue weighted by molar-refractivity contribution is 5.53. The molecular weight excluding hydrogens is 272 g/mol. The van der Waals surface area contributed by atoms with Crippen LogP contribution in [0.25, 0.3) is 0 Å². The van der Waals surface area contributed by atoms with E-state index in [2.05, 4.69) is 5.32 Å². The van der Waals surface area contributed by atoms with Crippen molar-refractivity contribution < 1.29 is 14.4 Å². The molecule has 0 bridgehead atoms. The molecule has 0 atom stereocenters. The van der Waals surface area contributed by atoms with Gasteiger partial charge in [-0.3, -0.25) is 10.1 Å². The molecule has 1 N–H and O–H groups in total. The van der Waals surface area contributed by atoms with Crippen molar-refractivity contribution >= 4 is 11.4 Å². The second-order valence-corrected chi connectivity index (χ2v) is 4.31. The lowest BCUT2D eigenvalue weighted by atomic mass is 10.1. The van der Waals surface area contributed by atoms with Gasteiger partial charge in [-0.05, 0) is 12.1 Å². The van der Waals surface area contributed by atoms with Gasteiger partial charge in [0.15, 0.2) is 11.5 Å². The fraction of sp³-hybridized carbons (Fsp3) is 0.200. The Bertz CT molecular complexity index is 643. The van der Waals surface area contributed by atoms with Crippen LogP contribution >= 0.6 is 0 Å². The van der Waals surface area contributed by atoms with Gasteiger partial charge < -0.3 is 14.8 Å². The number of hydrogen-bond donors (Lipinski definition) is 1. The van der Waals surface area contributed by atoms with Crippen LogP contribution in [0.4, 0.5) is 11.4 Å². The first-order chi connectivity index (χ1) is 10.2. The molecule has 110 valence electrons.